The quantitative estimate of drug-likeness (QED) is 0.0723. The predicted octanol–water partition coefficient (Wildman–Crippen LogP) is -4.12. The normalized spacial score (nSPS) is 18.0. The minimum absolute atomic E-state index is 0.0775. The second-order valence-corrected chi connectivity index (χ2v) is 7.49. The van der Waals surface area contributed by atoms with Crippen LogP contribution in [0, 0.1) is 0 Å². The number of aliphatic hydroxyl groups is 1. The molecule has 4 atom stereocenters. The molecule has 1 aliphatic heterocycles. The van der Waals surface area contributed by atoms with E-state index in [1.54, 1.807) is 0 Å². The first-order valence-electron chi connectivity index (χ1n) is 10.3. The molecule has 186 valence electrons. The van der Waals surface area contributed by atoms with Crippen LogP contribution in [0.4, 0.5) is 0 Å². The molecular formula is C18H31N7O8. The number of nitrogens with one attached hydrogen (secondary N) is 2. The Kier molecular flexibility index (Phi) is 11.0. The highest BCUT2D eigenvalue weighted by Gasteiger charge is 2.37. The van der Waals surface area contributed by atoms with Crippen molar-refractivity contribution in [1.29, 1.82) is 0 Å². The number of likely N-dealkylation sites (tertiary alicyclic amines) is 1. The van der Waals surface area contributed by atoms with E-state index in [4.69, 9.17) is 27.4 Å². The summed E-state index contributed by atoms with van der Waals surface area (Å²) in [5, 5.41) is 31.5. The maximum absolute atomic E-state index is 12.7. The molecule has 0 saturated carbocycles. The van der Waals surface area contributed by atoms with E-state index in [9.17, 15) is 29.1 Å². The second kappa shape index (κ2) is 13.2. The van der Waals surface area contributed by atoms with Crippen LogP contribution in [0.5, 0.6) is 0 Å². The lowest BCUT2D eigenvalue weighted by Crippen LogP contribution is -2.57. The molecular weight excluding hydrogens is 442 g/mol. The number of hydrogen-bond acceptors (Lipinski definition) is 8. The van der Waals surface area contributed by atoms with Crippen LogP contribution in [0.3, 0.4) is 0 Å². The summed E-state index contributed by atoms with van der Waals surface area (Å²) in [5.41, 5.74) is 16.4. The Hall–Kier alpha value is -3.46. The molecule has 15 heteroatoms. The van der Waals surface area contributed by atoms with Gasteiger partial charge in [0, 0.05) is 13.1 Å². The van der Waals surface area contributed by atoms with E-state index < -0.39 is 66.9 Å². The van der Waals surface area contributed by atoms with Crippen molar-refractivity contribution < 1.29 is 39.3 Å². The summed E-state index contributed by atoms with van der Waals surface area (Å²) < 4.78 is 0. The van der Waals surface area contributed by atoms with Crippen LogP contribution in [0.1, 0.15) is 32.1 Å². The van der Waals surface area contributed by atoms with Crippen LogP contribution in [-0.2, 0) is 24.0 Å². The van der Waals surface area contributed by atoms with Gasteiger partial charge < -0.3 is 48.1 Å². The van der Waals surface area contributed by atoms with Crippen molar-refractivity contribution in [2.75, 3.05) is 19.7 Å². The first kappa shape index (κ1) is 27.6. The lowest BCUT2D eigenvalue weighted by atomic mass is 10.1. The number of hydrogen-bond donors (Lipinski definition) is 8. The summed E-state index contributed by atoms with van der Waals surface area (Å²) in [6.45, 7) is -0.310. The zero-order valence-corrected chi connectivity index (χ0v) is 18.0. The van der Waals surface area contributed by atoms with Crippen LogP contribution < -0.4 is 27.8 Å². The van der Waals surface area contributed by atoms with E-state index in [0.29, 0.717) is 25.8 Å². The number of amides is 3. The number of aliphatic imine (C=N–C) groups is 1. The third-order valence-corrected chi connectivity index (χ3v) is 4.93. The van der Waals surface area contributed by atoms with Crippen LogP contribution >= 0.6 is 0 Å². The van der Waals surface area contributed by atoms with Gasteiger partial charge in [0.05, 0.1) is 19.1 Å². The maximum Gasteiger partial charge on any atom is 0.326 e. The van der Waals surface area contributed by atoms with Gasteiger partial charge in [-0.25, -0.2) is 4.79 Å². The number of carboxylic acids is 2. The monoisotopic (exact) mass is 473 g/mol. The topological polar surface area (TPSA) is 264 Å². The lowest BCUT2D eigenvalue weighted by molar-refractivity contribution is -0.147. The standard InChI is InChI=1S/C18H31N7O8/c19-9(3-1-5-22-18(20)21)16(31)25-6-2-4-12(25)15(30)24-11(8-26)14(29)23-10(17(32)33)7-13(27)28/h9-12,26H,1-8,19H2,(H,23,29)(H,24,30)(H,27,28)(H,32,33)(H4,20,21,22). The van der Waals surface area contributed by atoms with Gasteiger partial charge in [0.1, 0.15) is 18.1 Å². The SMILES string of the molecule is NC(N)=NCCCC(N)C(=O)N1CCCC1C(=O)NC(CO)C(=O)NC(CC(=O)O)C(=O)O. The highest BCUT2D eigenvalue weighted by molar-refractivity contribution is 5.95. The van der Waals surface area contributed by atoms with Crippen molar-refractivity contribution in [3.8, 4) is 0 Å². The van der Waals surface area contributed by atoms with Gasteiger partial charge in [0.25, 0.3) is 0 Å². The van der Waals surface area contributed by atoms with Crippen LogP contribution in [-0.4, -0.2) is 99.7 Å². The summed E-state index contributed by atoms with van der Waals surface area (Å²) in [6, 6.07) is -5.12. The zero-order chi connectivity index (χ0) is 25.1. The molecule has 0 aromatic rings. The summed E-state index contributed by atoms with van der Waals surface area (Å²) in [5.74, 6) is -5.39. The Bertz CT molecular complexity index is 771. The van der Waals surface area contributed by atoms with E-state index in [1.807, 2.05) is 5.32 Å². The molecule has 0 bridgehead atoms. The zero-order valence-electron chi connectivity index (χ0n) is 18.0. The van der Waals surface area contributed by atoms with Gasteiger partial charge >= 0.3 is 11.9 Å². The molecule has 0 aliphatic carbocycles. The molecule has 0 aromatic heterocycles. The number of guanidine groups is 1. The highest BCUT2D eigenvalue weighted by Crippen LogP contribution is 2.19. The number of aliphatic hydroxyl groups excluding tert-OH is 1. The first-order valence-corrected chi connectivity index (χ1v) is 10.3. The van der Waals surface area contributed by atoms with Gasteiger partial charge in [-0.2, -0.15) is 0 Å². The van der Waals surface area contributed by atoms with Crippen LogP contribution in [0.15, 0.2) is 4.99 Å². The number of nitrogens with two attached hydrogens (primary N) is 3. The molecule has 1 rings (SSSR count). The first-order chi connectivity index (χ1) is 15.5. The van der Waals surface area contributed by atoms with E-state index in [-0.39, 0.29) is 18.9 Å². The van der Waals surface area contributed by atoms with Crippen molar-refractivity contribution in [2.45, 2.75) is 56.3 Å². The molecule has 0 spiro atoms. The minimum Gasteiger partial charge on any atom is -0.481 e. The Morgan fingerprint density at radius 3 is 2.30 bits per heavy atom. The average molecular weight is 473 g/mol. The van der Waals surface area contributed by atoms with Gasteiger partial charge in [-0.05, 0) is 25.7 Å². The van der Waals surface area contributed by atoms with Crippen molar-refractivity contribution >= 4 is 35.6 Å². The molecule has 0 radical (unpaired) electrons. The molecule has 1 saturated heterocycles. The summed E-state index contributed by atoms with van der Waals surface area (Å²) >= 11 is 0. The van der Waals surface area contributed by atoms with Gasteiger partial charge in [0.15, 0.2) is 5.96 Å². The average Bonchev–Trinajstić information content (AvgIpc) is 3.23. The Morgan fingerprint density at radius 2 is 1.76 bits per heavy atom. The van der Waals surface area contributed by atoms with Gasteiger partial charge in [-0.1, -0.05) is 0 Å². The van der Waals surface area contributed by atoms with Crippen LogP contribution in [0.2, 0.25) is 0 Å². The molecule has 33 heavy (non-hydrogen) atoms. The fourth-order valence-electron chi connectivity index (χ4n) is 3.27. The Labute approximate surface area is 189 Å². The molecule has 1 aliphatic rings. The maximum atomic E-state index is 12.7. The Balaban J connectivity index is 2.73. The number of carbonyl (C=O) groups is 5. The second-order valence-electron chi connectivity index (χ2n) is 7.49. The van der Waals surface area contributed by atoms with Crippen molar-refractivity contribution in [3.63, 3.8) is 0 Å². The van der Waals surface area contributed by atoms with Crippen molar-refractivity contribution in [3.05, 3.63) is 0 Å². The predicted molar refractivity (Wildman–Crippen MR) is 113 cm³/mol. The number of aliphatic carboxylic acids is 2. The van der Waals surface area contributed by atoms with Crippen molar-refractivity contribution in [1.82, 2.24) is 15.5 Å². The van der Waals surface area contributed by atoms with E-state index in [0.717, 1.165) is 0 Å². The molecule has 1 heterocycles. The van der Waals surface area contributed by atoms with E-state index in [2.05, 4.69) is 10.3 Å². The Morgan fingerprint density at radius 1 is 1.09 bits per heavy atom. The third-order valence-electron chi connectivity index (χ3n) is 4.93. The number of rotatable bonds is 13. The number of carboxylic acid groups (broad SMARTS) is 2. The van der Waals surface area contributed by atoms with Crippen LogP contribution in [0.25, 0.3) is 0 Å². The fourth-order valence-corrected chi connectivity index (χ4v) is 3.27. The molecule has 15 nitrogen and oxygen atoms in total. The van der Waals surface area contributed by atoms with E-state index in [1.165, 1.54) is 4.90 Å². The molecule has 3 amide bonds. The highest BCUT2D eigenvalue weighted by atomic mass is 16.4. The summed E-state index contributed by atoms with van der Waals surface area (Å²) in [6.07, 6.45) is 0.653. The number of carbonyl (C=O) groups excluding carboxylic acids is 3. The van der Waals surface area contributed by atoms with Gasteiger partial charge in [-0.3, -0.25) is 24.2 Å². The molecule has 4 unspecified atom stereocenters. The van der Waals surface area contributed by atoms with Crippen molar-refractivity contribution in [2.24, 2.45) is 22.2 Å². The molecule has 1 fully saturated rings. The third kappa shape index (κ3) is 8.89. The molecule has 0 aromatic carbocycles. The lowest BCUT2D eigenvalue weighted by Gasteiger charge is -2.28. The van der Waals surface area contributed by atoms with Gasteiger partial charge in [-0.15, -0.1) is 0 Å². The molecule has 11 N–H and O–H groups in total. The summed E-state index contributed by atoms with van der Waals surface area (Å²) in [4.78, 5) is 64.6. The number of nitrogens with zero attached hydrogens (tertiary/aromatic N) is 2. The fraction of sp³-hybridized carbons (Fsp3) is 0.667. The van der Waals surface area contributed by atoms with E-state index >= 15 is 0 Å². The smallest absolute Gasteiger partial charge is 0.326 e. The largest absolute Gasteiger partial charge is 0.481 e. The minimum atomic E-state index is -1.75. The van der Waals surface area contributed by atoms with Gasteiger partial charge in [0.2, 0.25) is 17.7 Å². The summed E-state index contributed by atoms with van der Waals surface area (Å²) in [7, 11) is 0.